The van der Waals surface area contributed by atoms with Crippen LogP contribution in [0.3, 0.4) is 0 Å². The zero-order valence-corrected chi connectivity index (χ0v) is 9.02. The maximum atomic E-state index is 13.0. The van der Waals surface area contributed by atoms with Crippen LogP contribution >= 0.6 is 0 Å². The van der Waals surface area contributed by atoms with E-state index in [1.54, 1.807) is 0 Å². The van der Waals surface area contributed by atoms with E-state index in [0.29, 0.717) is 24.8 Å². The molecular formula is C12H12FNO3. The van der Waals surface area contributed by atoms with Crippen LogP contribution in [0.1, 0.15) is 28.4 Å². The summed E-state index contributed by atoms with van der Waals surface area (Å²) in [5, 5.41) is 11.9. The highest BCUT2D eigenvalue weighted by molar-refractivity contribution is 5.78. The van der Waals surface area contributed by atoms with Crippen LogP contribution in [0.5, 0.6) is 0 Å². The van der Waals surface area contributed by atoms with Crippen molar-refractivity contribution in [1.29, 1.82) is 0 Å². The minimum atomic E-state index is -0.852. The number of hydrogen-bond donors (Lipinski definition) is 2. The molecule has 4 nitrogen and oxygen atoms in total. The number of carboxylic acids is 1. The van der Waals surface area contributed by atoms with Crippen LogP contribution in [0.25, 0.3) is 0 Å². The summed E-state index contributed by atoms with van der Waals surface area (Å²) in [6.45, 7) is 0.371. The van der Waals surface area contributed by atoms with E-state index in [9.17, 15) is 14.0 Å². The standard InChI is InChI=1S/C12H12FNO3/c13-9-1-2-10(8(3-9)6-15)11-4-7(5-14-11)12(16)17/h1-3,6-7,11,14H,4-5H2,(H,16,17). The predicted octanol–water partition coefficient (Wildman–Crippen LogP) is 1.37. The van der Waals surface area contributed by atoms with Crippen molar-refractivity contribution in [2.75, 3.05) is 6.54 Å². The lowest BCUT2D eigenvalue weighted by Crippen LogP contribution is -2.17. The monoisotopic (exact) mass is 237 g/mol. The highest BCUT2D eigenvalue weighted by Gasteiger charge is 2.31. The Bertz CT molecular complexity index is 461. The van der Waals surface area contributed by atoms with Gasteiger partial charge in [-0.25, -0.2) is 4.39 Å². The number of carbonyl (C=O) groups excluding carboxylic acids is 1. The molecule has 1 aromatic rings. The van der Waals surface area contributed by atoms with Crippen molar-refractivity contribution in [2.45, 2.75) is 12.5 Å². The Balaban J connectivity index is 2.24. The fourth-order valence-corrected chi connectivity index (χ4v) is 2.13. The van der Waals surface area contributed by atoms with Gasteiger partial charge in [-0.15, -0.1) is 0 Å². The molecule has 0 aromatic heterocycles. The van der Waals surface area contributed by atoms with Gasteiger partial charge in [0.15, 0.2) is 0 Å². The zero-order chi connectivity index (χ0) is 12.4. The number of hydrogen-bond acceptors (Lipinski definition) is 3. The lowest BCUT2D eigenvalue weighted by Gasteiger charge is -2.12. The molecule has 2 N–H and O–H groups in total. The normalized spacial score (nSPS) is 23.6. The topological polar surface area (TPSA) is 66.4 Å². The highest BCUT2D eigenvalue weighted by atomic mass is 19.1. The van der Waals surface area contributed by atoms with Gasteiger partial charge in [-0.2, -0.15) is 0 Å². The third-order valence-electron chi connectivity index (χ3n) is 3.03. The SMILES string of the molecule is O=Cc1cc(F)ccc1C1CC(C(=O)O)CN1. The first-order valence-electron chi connectivity index (χ1n) is 5.32. The van der Waals surface area contributed by atoms with Crippen LogP contribution < -0.4 is 5.32 Å². The molecule has 0 bridgehead atoms. The largest absolute Gasteiger partial charge is 0.481 e. The fourth-order valence-electron chi connectivity index (χ4n) is 2.13. The van der Waals surface area contributed by atoms with E-state index in [2.05, 4.69) is 5.32 Å². The zero-order valence-electron chi connectivity index (χ0n) is 9.02. The van der Waals surface area contributed by atoms with Crippen LogP contribution in [0.15, 0.2) is 18.2 Å². The van der Waals surface area contributed by atoms with Gasteiger partial charge in [0, 0.05) is 18.2 Å². The Hall–Kier alpha value is -1.75. The Labute approximate surface area is 97.4 Å². The summed E-state index contributed by atoms with van der Waals surface area (Å²) in [6.07, 6.45) is 1.01. The van der Waals surface area contributed by atoms with Crippen LogP contribution in [0.2, 0.25) is 0 Å². The Kier molecular flexibility index (Phi) is 3.19. The minimum Gasteiger partial charge on any atom is -0.481 e. The number of carboxylic acid groups (broad SMARTS) is 1. The number of aldehydes is 1. The fraction of sp³-hybridized carbons (Fsp3) is 0.333. The van der Waals surface area contributed by atoms with Gasteiger partial charge in [0.05, 0.1) is 5.92 Å². The van der Waals surface area contributed by atoms with Crippen molar-refractivity contribution in [1.82, 2.24) is 5.32 Å². The lowest BCUT2D eigenvalue weighted by molar-refractivity contribution is -0.141. The van der Waals surface area contributed by atoms with Crippen molar-refractivity contribution in [3.8, 4) is 0 Å². The third kappa shape index (κ3) is 2.34. The molecule has 0 spiro atoms. The maximum absolute atomic E-state index is 13.0. The van der Waals surface area contributed by atoms with E-state index in [-0.39, 0.29) is 11.6 Å². The molecule has 90 valence electrons. The first-order chi connectivity index (χ1) is 8.11. The van der Waals surface area contributed by atoms with E-state index in [1.165, 1.54) is 12.1 Å². The third-order valence-corrected chi connectivity index (χ3v) is 3.03. The summed E-state index contributed by atoms with van der Waals surface area (Å²) in [6, 6.07) is 3.77. The second-order valence-corrected chi connectivity index (χ2v) is 4.12. The summed E-state index contributed by atoms with van der Waals surface area (Å²) in [5.74, 6) is -1.78. The van der Waals surface area contributed by atoms with Crippen molar-refractivity contribution in [3.05, 3.63) is 35.1 Å². The van der Waals surface area contributed by atoms with Crippen LogP contribution in [-0.2, 0) is 4.79 Å². The maximum Gasteiger partial charge on any atom is 0.307 e. The molecule has 1 aromatic carbocycles. The molecule has 2 atom stereocenters. The molecule has 5 heteroatoms. The molecule has 2 rings (SSSR count). The number of aliphatic carboxylic acids is 1. The van der Waals surface area contributed by atoms with Crippen LogP contribution in [-0.4, -0.2) is 23.9 Å². The number of nitrogens with one attached hydrogen (secondary N) is 1. The lowest BCUT2D eigenvalue weighted by atomic mass is 9.96. The van der Waals surface area contributed by atoms with Gasteiger partial charge in [-0.05, 0) is 24.1 Å². The van der Waals surface area contributed by atoms with Gasteiger partial charge in [0.1, 0.15) is 12.1 Å². The van der Waals surface area contributed by atoms with E-state index < -0.39 is 17.7 Å². The molecule has 1 aliphatic heterocycles. The summed E-state index contributed by atoms with van der Waals surface area (Å²) in [7, 11) is 0. The van der Waals surface area contributed by atoms with Gasteiger partial charge in [-0.3, -0.25) is 9.59 Å². The van der Waals surface area contributed by atoms with E-state index in [1.807, 2.05) is 0 Å². The van der Waals surface area contributed by atoms with Gasteiger partial charge in [0.2, 0.25) is 0 Å². The molecule has 0 amide bonds. The molecule has 17 heavy (non-hydrogen) atoms. The predicted molar refractivity (Wildman–Crippen MR) is 58.3 cm³/mol. The van der Waals surface area contributed by atoms with E-state index in [0.717, 1.165) is 6.07 Å². The first-order valence-corrected chi connectivity index (χ1v) is 5.32. The van der Waals surface area contributed by atoms with Gasteiger partial charge < -0.3 is 10.4 Å². The number of carbonyl (C=O) groups is 2. The van der Waals surface area contributed by atoms with E-state index >= 15 is 0 Å². The summed E-state index contributed by atoms with van der Waals surface area (Å²) < 4.78 is 13.0. The first kappa shape index (κ1) is 11.7. The molecule has 1 saturated heterocycles. The highest BCUT2D eigenvalue weighted by Crippen LogP contribution is 2.29. The number of benzene rings is 1. The molecule has 1 heterocycles. The van der Waals surface area contributed by atoms with Gasteiger partial charge in [0.25, 0.3) is 0 Å². The van der Waals surface area contributed by atoms with Crippen LogP contribution in [0.4, 0.5) is 4.39 Å². The van der Waals surface area contributed by atoms with Crippen molar-refractivity contribution < 1.29 is 19.1 Å². The Morgan fingerprint density at radius 3 is 2.88 bits per heavy atom. The second-order valence-electron chi connectivity index (χ2n) is 4.12. The molecule has 0 radical (unpaired) electrons. The smallest absolute Gasteiger partial charge is 0.307 e. The minimum absolute atomic E-state index is 0.197. The number of rotatable bonds is 3. The summed E-state index contributed by atoms with van der Waals surface area (Å²) >= 11 is 0. The van der Waals surface area contributed by atoms with Gasteiger partial charge >= 0.3 is 5.97 Å². The van der Waals surface area contributed by atoms with Crippen LogP contribution in [0, 0.1) is 11.7 Å². The second kappa shape index (κ2) is 4.63. The average molecular weight is 237 g/mol. The number of halogens is 1. The molecule has 0 aliphatic carbocycles. The quantitative estimate of drug-likeness (QED) is 0.779. The molecule has 1 fully saturated rings. The Morgan fingerprint density at radius 2 is 2.29 bits per heavy atom. The average Bonchev–Trinajstić information content (AvgIpc) is 2.78. The van der Waals surface area contributed by atoms with Crippen molar-refractivity contribution >= 4 is 12.3 Å². The molecule has 1 aliphatic rings. The molecule has 2 unspecified atom stereocenters. The van der Waals surface area contributed by atoms with E-state index in [4.69, 9.17) is 5.11 Å². The summed E-state index contributed by atoms with van der Waals surface area (Å²) in [5.41, 5.74) is 0.929. The molecular weight excluding hydrogens is 225 g/mol. The van der Waals surface area contributed by atoms with Gasteiger partial charge in [-0.1, -0.05) is 6.07 Å². The van der Waals surface area contributed by atoms with Crippen molar-refractivity contribution in [3.63, 3.8) is 0 Å². The molecule has 0 saturated carbocycles. The van der Waals surface area contributed by atoms with Crippen molar-refractivity contribution in [2.24, 2.45) is 5.92 Å². The summed E-state index contributed by atoms with van der Waals surface area (Å²) in [4.78, 5) is 21.7. The Morgan fingerprint density at radius 1 is 1.53 bits per heavy atom.